The van der Waals surface area contributed by atoms with E-state index in [-0.39, 0.29) is 0 Å². The third kappa shape index (κ3) is 4.46. The summed E-state index contributed by atoms with van der Waals surface area (Å²) in [5.74, 6) is 2.09. The largest absolute Gasteiger partial charge is 0.493 e. The summed E-state index contributed by atoms with van der Waals surface area (Å²) in [5.41, 5.74) is 2.86. The van der Waals surface area contributed by atoms with Gasteiger partial charge in [-0.2, -0.15) is 0 Å². The summed E-state index contributed by atoms with van der Waals surface area (Å²) in [6.45, 7) is 5.22. The van der Waals surface area contributed by atoms with Gasteiger partial charge >= 0.3 is 0 Å². The Balaban J connectivity index is 1.32. The Labute approximate surface area is 186 Å². The van der Waals surface area contributed by atoms with Crippen LogP contribution in [0.1, 0.15) is 6.42 Å². The van der Waals surface area contributed by atoms with Crippen LogP contribution >= 0.6 is 0 Å². The highest BCUT2D eigenvalue weighted by molar-refractivity contribution is 5.94. The van der Waals surface area contributed by atoms with Gasteiger partial charge in [-0.25, -0.2) is 9.97 Å². The van der Waals surface area contributed by atoms with Crippen molar-refractivity contribution in [2.75, 3.05) is 51.9 Å². The first-order chi connectivity index (χ1) is 15.8. The van der Waals surface area contributed by atoms with E-state index in [0.717, 1.165) is 72.6 Å². The maximum absolute atomic E-state index is 6.06. The number of ether oxygens (including phenoxy) is 3. The van der Waals surface area contributed by atoms with Crippen LogP contribution < -0.4 is 14.8 Å². The van der Waals surface area contributed by atoms with Gasteiger partial charge in [0.2, 0.25) is 0 Å². The van der Waals surface area contributed by atoms with Crippen LogP contribution in [0.3, 0.4) is 0 Å². The lowest BCUT2D eigenvalue weighted by Gasteiger charge is -2.26. The molecule has 0 spiro atoms. The van der Waals surface area contributed by atoms with E-state index in [0.29, 0.717) is 18.1 Å². The fraction of sp³-hybridized carbons (Fsp3) is 0.333. The smallest absolute Gasteiger partial charge is 0.163 e. The van der Waals surface area contributed by atoms with Crippen LogP contribution in [-0.4, -0.2) is 66.4 Å². The Morgan fingerprint density at radius 2 is 2.00 bits per heavy atom. The molecule has 0 saturated carbocycles. The van der Waals surface area contributed by atoms with Crippen molar-refractivity contribution in [3.8, 4) is 11.5 Å². The molecule has 1 aliphatic heterocycles. The van der Waals surface area contributed by atoms with Gasteiger partial charge in [-0.3, -0.25) is 4.90 Å². The predicted octanol–water partition coefficient (Wildman–Crippen LogP) is 3.96. The number of nitrogens with one attached hydrogen (secondary N) is 2. The Morgan fingerprint density at radius 3 is 2.88 bits per heavy atom. The molecule has 0 amide bonds. The van der Waals surface area contributed by atoms with Gasteiger partial charge in [-0.1, -0.05) is 0 Å². The standard InChI is InChI=1S/C24H27N5O3/c1-30-22-14-19-21(15-23(22)32-10-2-7-29-8-11-31-12-9-29)26-16-27-24(19)28-18-3-4-20-17(13-18)5-6-25-20/h3-6,13-16,25H,2,7-12H2,1H3,(H,26,27,28). The van der Waals surface area contributed by atoms with Crippen molar-refractivity contribution in [2.24, 2.45) is 0 Å². The highest BCUT2D eigenvalue weighted by Crippen LogP contribution is 2.35. The van der Waals surface area contributed by atoms with Crippen molar-refractivity contribution >= 4 is 33.3 Å². The minimum absolute atomic E-state index is 0.617. The molecule has 1 fully saturated rings. The molecule has 0 atom stereocenters. The molecule has 2 N–H and O–H groups in total. The minimum Gasteiger partial charge on any atom is -0.493 e. The minimum atomic E-state index is 0.617. The number of aromatic nitrogens is 3. The number of rotatable bonds is 8. The van der Waals surface area contributed by atoms with E-state index in [1.165, 1.54) is 0 Å². The van der Waals surface area contributed by atoms with Crippen molar-refractivity contribution in [1.82, 2.24) is 19.9 Å². The molecule has 5 rings (SSSR count). The van der Waals surface area contributed by atoms with Crippen LogP contribution in [0.2, 0.25) is 0 Å². The molecular formula is C24H27N5O3. The number of methoxy groups -OCH3 is 1. The molecule has 3 heterocycles. The van der Waals surface area contributed by atoms with Crippen LogP contribution in [0.4, 0.5) is 11.5 Å². The summed E-state index contributed by atoms with van der Waals surface area (Å²) >= 11 is 0. The van der Waals surface area contributed by atoms with Gasteiger partial charge in [-0.15, -0.1) is 0 Å². The summed E-state index contributed by atoms with van der Waals surface area (Å²) in [6.07, 6.45) is 4.44. The maximum atomic E-state index is 6.06. The van der Waals surface area contributed by atoms with Gasteiger partial charge in [0.15, 0.2) is 11.5 Å². The van der Waals surface area contributed by atoms with Gasteiger partial charge in [-0.05, 0) is 36.8 Å². The number of hydrogen-bond acceptors (Lipinski definition) is 7. The van der Waals surface area contributed by atoms with E-state index in [2.05, 4.69) is 31.2 Å². The number of aromatic amines is 1. The second kappa shape index (κ2) is 9.42. The third-order valence-corrected chi connectivity index (χ3v) is 5.72. The molecule has 8 nitrogen and oxygen atoms in total. The van der Waals surface area contributed by atoms with Crippen LogP contribution in [0, 0.1) is 0 Å². The van der Waals surface area contributed by atoms with Crippen molar-refractivity contribution < 1.29 is 14.2 Å². The zero-order chi connectivity index (χ0) is 21.8. The van der Waals surface area contributed by atoms with Gasteiger partial charge < -0.3 is 24.5 Å². The fourth-order valence-electron chi connectivity index (χ4n) is 4.00. The Bertz CT molecular complexity index is 1200. The summed E-state index contributed by atoms with van der Waals surface area (Å²) in [6, 6.07) is 12.1. The molecule has 32 heavy (non-hydrogen) atoms. The number of morpholine rings is 1. The molecule has 1 saturated heterocycles. The Hall–Kier alpha value is -3.36. The summed E-state index contributed by atoms with van der Waals surface area (Å²) in [5, 5.41) is 5.42. The first kappa shape index (κ1) is 20.5. The van der Waals surface area contributed by atoms with E-state index in [4.69, 9.17) is 14.2 Å². The number of nitrogens with zero attached hydrogens (tertiary/aromatic N) is 3. The number of hydrogen-bond donors (Lipinski definition) is 2. The average Bonchev–Trinajstić information content (AvgIpc) is 3.30. The zero-order valence-corrected chi connectivity index (χ0v) is 18.1. The third-order valence-electron chi connectivity index (χ3n) is 5.72. The topological polar surface area (TPSA) is 84.5 Å². The predicted molar refractivity (Wildman–Crippen MR) is 125 cm³/mol. The van der Waals surface area contributed by atoms with Gasteiger partial charge in [0.25, 0.3) is 0 Å². The SMILES string of the molecule is COc1cc2c(Nc3ccc4[nH]ccc4c3)ncnc2cc1OCCCN1CCOCC1. The second-order valence-electron chi connectivity index (χ2n) is 7.80. The molecule has 0 bridgehead atoms. The normalized spacial score (nSPS) is 14.7. The fourth-order valence-corrected chi connectivity index (χ4v) is 4.00. The average molecular weight is 434 g/mol. The summed E-state index contributed by atoms with van der Waals surface area (Å²) in [4.78, 5) is 14.5. The zero-order valence-electron chi connectivity index (χ0n) is 18.1. The first-order valence-electron chi connectivity index (χ1n) is 10.9. The molecule has 2 aromatic heterocycles. The van der Waals surface area contributed by atoms with E-state index >= 15 is 0 Å². The van der Waals surface area contributed by atoms with E-state index in [1.54, 1.807) is 13.4 Å². The van der Waals surface area contributed by atoms with Crippen LogP contribution in [0.25, 0.3) is 21.8 Å². The van der Waals surface area contributed by atoms with Crippen molar-refractivity contribution in [3.05, 3.63) is 48.9 Å². The molecule has 1 aliphatic rings. The van der Waals surface area contributed by atoms with Crippen molar-refractivity contribution in [3.63, 3.8) is 0 Å². The Kier molecular flexibility index (Phi) is 6.04. The van der Waals surface area contributed by atoms with Crippen LogP contribution in [0.5, 0.6) is 11.5 Å². The van der Waals surface area contributed by atoms with Crippen LogP contribution in [-0.2, 0) is 4.74 Å². The van der Waals surface area contributed by atoms with E-state index < -0.39 is 0 Å². The quantitative estimate of drug-likeness (QED) is 0.407. The van der Waals surface area contributed by atoms with Gasteiger partial charge in [0.05, 0.1) is 32.4 Å². The molecule has 0 radical (unpaired) electrons. The van der Waals surface area contributed by atoms with E-state index in [1.807, 2.05) is 36.5 Å². The van der Waals surface area contributed by atoms with Gasteiger partial charge in [0, 0.05) is 53.9 Å². The maximum Gasteiger partial charge on any atom is 0.163 e. The molecular weight excluding hydrogens is 406 g/mol. The van der Waals surface area contributed by atoms with Gasteiger partial charge in [0.1, 0.15) is 12.1 Å². The highest BCUT2D eigenvalue weighted by Gasteiger charge is 2.13. The highest BCUT2D eigenvalue weighted by atomic mass is 16.5. The molecule has 166 valence electrons. The summed E-state index contributed by atoms with van der Waals surface area (Å²) in [7, 11) is 1.65. The van der Waals surface area contributed by atoms with Crippen molar-refractivity contribution in [2.45, 2.75) is 6.42 Å². The molecule has 0 unspecified atom stereocenters. The lowest BCUT2D eigenvalue weighted by molar-refractivity contribution is 0.0357. The number of H-pyrrole nitrogens is 1. The molecule has 4 aromatic rings. The van der Waals surface area contributed by atoms with E-state index in [9.17, 15) is 0 Å². The molecule has 2 aromatic carbocycles. The van der Waals surface area contributed by atoms with Crippen molar-refractivity contribution in [1.29, 1.82) is 0 Å². The number of fused-ring (bicyclic) bond motifs is 2. The number of anilines is 2. The summed E-state index contributed by atoms with van der Waals surface area (Å²) < 4.78 is 17.1. The number of benzene rings is 2. The first-order valence-corrected chi connectivity index (χ1v) is 10.9. The lowest BCUT2D eigenvalue weighted by atomic mass is 10.2. The molecule has 8 heteroatoms. The Morgan fingerprint density at radius 1 is 1.09 bits per heavy atom. The molecule has 0 aliphatic carbocycles. The second-order valence-corrected chi connectivity index (χ2v) is 7.80. The monoisotopic (exact) mass is 433 g/mol. The van der Waals surface area contributed by atoms with Crippen LogP contribution in [0.15, 0.2) is 48.9 Å². The lowest BCUT2D eigenvalue weighted by Crippen LogP contribution is -2.37.